The number of fused-ring (bicyclic) bond motifs is 1. The fraction of sp³-hybridized carbons (Fsp3) is 0.312. The predicted molar refractivity (Wildman–Crippen MR) is 101 cm³/mol. The number of pyridine rings is 1. The highest BCUT2D eigenvalue weighted by molar-refractivity contribution is 7.16. The molecule has 26 heavy (non-hydrogen) atoms. The number of hydrogen-bond acceptors (Lipinski definition) is 8. The Balaban J connectivity index is 1.50. The highest BCUT2D eigenvalue weighted by Gasteiger charge is 2.29. The van der Waals surface area contributed by atoms with E-state index in [-0.39, 0.29) is 18.0 Å². The van der Waals surface area contributed by atoms with Crippen LogP contribution in [0.1, 0.15) is 6.92 Å². The van der Waals surface area contributed by atoms with Gasteiger partial charge in [0.25, 0.3) is 0 Å². The maximum absolute atomic E-state index is 12.5. The first kappa shape index (κ1) is 16.5. The van der Waals surface area contributed by atoms with Crippen molar-refractivity contribution < 1.29 is 4.79 Å². The number of nitrogens with one attached hydrogen (secondary N) is 1. The molecular formula is C16H18N8OS. The van der Waals surface area contributed by atoms with Gasteiger partial charge in [0.05, 0.1) is 5.51 Å². The number of nitrogens with zero attached hydrogens (tertiary/aromatic N) is 6. The van der Waals surface area contributed by atoms with Crippen LogP contribution < -0.4 is 16.0 Å². The van der Waals surface area contributed by atoms with Gasteiger partial charge in [-0.3, -0.25) is 5.32 Å². The summed E-state index contributed by atoms with van der Waals surface area (Å²) in [5, 5.41) is 2.82. The van der Waals surface area contributed by atoms with Gasteiger partial charge in [0.2, 0.25) is 5.95 Å². The molecule has 1 fully saturated rings. The number of carbonyl (C=O) groups excluding carboxylic acids is 1. The van der Waals surface area contributed by atoms with Crippen molar-refractivity contribution in [2.24, 2.45) is 0 Å². The van der Waals surface area contributed by atoms with Crippen molar-refractivity contribution in [1.82, 2.24) is 24.8 Å². The summed E-state index contributed by atoms with van der Waals surface area (Å²) in [5.74, 6) is 1.51. The smallest absolute Gasteiger partial charge is 0.323 e. The van der Waals surface area contributed by atoms with Gasteiger partial charge in [0.1, 0.15) is 11.3 Å². The SMILES string of the molecule is CC1CN(C(=O)Nc2ccccn2)CCN1c1nc(N)nc2scnc12. The molecule has 2 amide bonds. The lowest BCUT2D eigenvalue weighted by Crippen LogP contribution is -2.55. The zero-order valence-corrected chi connectivity index (χ0v) is 15.0. The van der Waals surface area contributed by atoms with Crippen molar-refractivity contribution >= 4 is 45.3 Å². The fourth-order valence-electron chi connectivity index (χ4n) is 3.05. The predicted octanol–water partition coefficient (Wildman–Crippen LogP) is 1.81. The van der Waals surface area contributed by atoms with Gasteiger partial charge in [-0.05, 0) is 19.1 Å². The minimum atomic E-state index is -0.156. The second-order valence-electron chi connectivity index (χ2n) is 6.05. The van der Waals surface area contributed by atoms with Gasteiger partial charge in [-0.2, -0.15) is 4.98 Å². The second kappa shape index (κ2) is 6.71. The summed E-state index contributed by atoms with van der Waals surface area (Å²) in [6.07, 6.45) is 1.65. The molecule has 0 radical (unpaired) electrons. The minimum Gasteiger partial charge on any atom is -0.368 e. The fourth-order valence-corrected chi connectivity index (χ4v) is 3.71. The van der Waals surface area contributed by atoms with Gasteiger partial charge in [-0.25, -0.2) is 19.7 Å². The molecule has 9 nitrogen and oxygen atoms in total. The number of hydrogen-bond donors (Lipinski definition) is 2. The van der Waals surface area contributed by atoms with Gasteiger partial charge in [0, 0.05) is 31.9 Å². The summed E-state index contributed by atoms with van der Waals surface area (Å²) in [7, 11) is 0. The Morgan fingerprint density at radius 2 is 2.19 bits per heavy atom. The molecule has 3 aromatic heterocycles. The summed E-state index contributed by atoms with van der Waals surface area (Å²) in [5.41, 5.74) is 8.34. The largest absolute Gasteiger partial charge is 0.368 e. The summed E-state index contributed by atoms with van der Waals surface area (Å²) in [4.78, 5) is 34.3. The van der Waals surface area contributed by atoms with Crippen LogP contribution in [0.5, 0.6) is 0 Å². The average Bonchev–Trinajstić information content (AvgIpc) is 3.10. The van der Waals surface area contributed by atoms with Crippen LogP contribution in [0.3, 0.4) is 0 Å². The third-order valence-electron chi connectivity index (χ3n) is 4.28. The Morgan fingerprint density at radius 3 is 2.96 bits per heavy atom. The molecule has 1 unspecified atom stereocenters. The van der Waals surface area contributed by atoms with Gasteiger partial charge in [0.15, 0.2) is 10.6 Å². The Hall–Kier alpha value is -3.01. The van der Waals surface area contributed by atoms with E-state index in [0.717, 1.165) is 16.2 Å². The number of thiazole rings is 1. The molecule has 1 atom stereocenters. The first-order valence-corrected chi connectivity index (χ1v) is 9.10. The van der Waals surface area contributed by atoms with Crippen molar-refractivity contribution in [3.05, 3.63) is 29.9 Å². The number of anilines is 3. The van der Waals surface area contributed by atoms with Crippen LogP contribution in [0.25, 0.3) is 10.3 Å². The molecule has 1 aliphatic heterocycles. The van der Waals surface area contributed by atoms with E-state index < -0.39 is 0 Å². The molecule has 10 heteroatoms. The zero-order chi connectivity index (χ0) is 18.1. The van der Waals surface area contributed by atoms with Crippen molar-refractivity contribution in [1.29, 1.82) is 0 Å². The quantitative estimate of drug-likeness (QED) is 0.707. The summed E-state index contributed by atoms with van der Waals surface area (Å²) < 4.78 is 0. The van der Waals surface area contributed by atoms with Crippen LogP contribution in [-0.2, 0) is 0 Å². The lowest BCUT2D eigenvalue weighted by Gasteiger charge is -2.40. The Morgan fingerprint density at radius 1 is 1.31 bits per heavy atom. The van der Waals surface area contributed by atoms with Gasteiger partial charge in [-0.1, -0.05) is 6.07 Å². The lowest BCUT2D eigenvalue weighted by atomic mass is 10.2. The molecule has 1 aliphatic rings. The van der Waals surface area contributed by atoms with Crippen molar-refractivity contribution in [3.8, 4) is 0 Å². The number of carbonyl (C=O) groups is 1. The van der Waals surface area contributed by atoms with E-state index in [1.807, 2.05) is 12.1 Å². The number of aromatic nitrogens is 4. The summed E-state index contributed by atoms with van der Waals surface area (Å²) >= 11 is 1.44. The van der Waals surface area contributed by atoms with E-state index in [4.69, 9.17) is 5.73 Å². The molecule has 0 spiro atoms. The lowest BCUT2D eigenvalue weighted by molar-refractivity contribution is 0.200. The normalized spacial score (nSPS) is 17.5. The molecule has 1 saturated heterocycles. The van der Waals surface area contributed by atoms with Crippen LogP contribution in [-0.4, -0.2) is 56.5 Å². The summed E-state index contributed by atoms with van der Waals surface area (Å²) in [6.45, 7) is 3.82. The molecule has 0 bridgehead atoms. The topological polar surface area (TPSA) is 113 Å². The first-order valence-electron chi connectivity index (χ1n) is 8.22. The molecule has 0 aromatic carbocycles. The third kappa shape index (κ3) is 3.10. The molecular weight excluding hydrogens is 352 g/mol. The standard InChI is InChI=1S/C16H18N8OS/c1-10-8-23(16(25)20-11-4-2-3-5-18-11)6-7-24(10)13-12-14(26-9-19-12)22-15(17)21-13/h2-5,9-10H,6-8H2,1H3,(H2,17,21,22)(H,18,20,25). The van der Waals surface area contributed by atoms with E-state index in [2.05, 4.69) is 37.1 Å². The van der Waals surface area contributed by atoms with Crippen LogP contribution in [0.2, 0.25) is 0 Å². The first-order chi connectivity index (χ1) is 12.6. The van der Waals surface area contributed by atoms with Crippen LogP contribution >= 0.6 is 11.3 Å². The molecule has 0 aliphatic carbocycles. The zero-order valence-electron chi connectivity index (χ0n) is 14.2. The maximum Gasteiger partial charge on any atom is 0.323 e. The van der Waals surface area contributed by atoms with E-state index >= 15 is 0 Å². The molecule has 3 aromatic rings. The van der Waals surface area contributed by atoms with Crippen LogP contribution in [0, 0.1) is 0 Å². The number of urea groups is 1. The van der Waals surface area contributed by atoms with Crippen LogP contribution in [0.15, 0.2) is 29.9 Å². The Labute approximate surface area is 153 Å². The summed E-state index contributed by atoms with van der Waals surface area (Å²) in [6, 6.07) is 5.32. The second-order valence-corrected chi connectivity index (χ2v) is 6.88. The molecule has 3 N–H and O–H groups in total. The molecule has 4 heterocycles. The highest BCUT2D eigenvalue weighted by atomic mass is 32.1. The third-order valence-corrected chi connectivity index (χ3v) is 5.00. The van der Waals surface area contributed by atoms with Crippen LogP contribution in [0.4, 0.5) is 22.4 Å². The molecule has 4 rings (SSSR count). The van der Waals surface area contributed by atoms with E-state index in [9.17, 15) is 4.79 Å². The Kier molecular flexibility index (Phi) is 4.25. The maximum atomic E-state index is 12.5. The monoisotopic (exact) mass is 370 g/mol. The van der Waals surface area contributed by atoms with Gasteiger partial charge in [-0.15, -0.1) is 11.3 Å². The van der Waals surface area contributed by atoms with E-state index in [0.29, 0.717) is 25.5 Å². The van der Waals surface area contributed by atoms with Gasteiger partial charge < -0.3 is 15.5 Å². The van der Waals surface area contributed by atoms with E-state index in [1.54, 1.807) is 22.7 Å². The molecule has 134 valence electrons. The molecule has 0 saturated carbocycles. The van der Waals surface area contributed by atoms with Crippen molar-refractivity contribution in [2.75, 3.05) is 35.6 Å². The number of nitrogen functional groups attached to an aromatic ring is 1. The van der Waals surface area contributed by atoms with Crippen molar-refractivity contribution in [3.63, 3.8) is 0 Å². The van der Waals surface area contributed by atoms with Gasteiger partial charge >= 0.3 is 6.03 Å². The van der Waals surface area contributed by atoms with E-state index in [1.165, 1.54) is 11.3 Å². The highest BCUT2D eigenvalue weighted by Crippen LogP contribution is 2.28. The number of rotatable bonds is 2. The Bertz CT molecular complexity index is 930. The van der Waals surface area contributed by atoms with Crippen molar-refractivity contribution in [2.45, 2.75) is 13.0 Å². The average molecular weight is 370 g/mol. The number of nitrogens with two attached hydrogens (primary N) is 1. The number of amides is 2. The number of piperazine rings is 1. The minimum absolute atomic E-state index is 0.0671.